The second-order valence-electron chi connectivity index (χ2n) is 6.46. The van der Waals surface area contributed by atoms with Crippen LogP contribution in [-0.2, 0) is 16.1 Å². The molecule has 0 aliphatic carbocycles. The fraction of sp³-hybridized carbons (Fsp3) is 0.444. The first kappa shape index (κ1) is 20.2. The number of aliphatic carboxylic acids is 1. The number of carboxylic acids is 1. The molecule has 1 aromatic carbocycles. The van der Waals surface area contributed by atoms with E-state index in [1.807, 2.05) is 13.8 Å². The third kappa shape index (κ3) is 4.55. The Morgan fingerprint density at radius 3 is 2.52 bits per heavy atom. The number of carbonyl (C=O) groups excluding carboxylic acids is 1. The predicted molar refractivity (Wildman–Crippen MR) is 98.1 cm³/mol. The zero-order chi connectivity index (χ0) is 20.1. The van der Waals surface area contributed by atoms with E-state index >= 15 is 0 Å². The van der Waals surface area contributed by atoms with E-state index in [1.54, 1.807) is 12.1 Å². The first-order chi connectivity index (χ1) is 12.8. The zero-order valence-corrected chi connectivity index (χ0v) is 15.7. The van der Waals surface area contributed by atoms with Crippen LogP contribution in [0.5, 0.6) is 11.5 Å². The summed E-state index contributed by atoms with van der Waals surface area (Å²) in [5.41, 5.74) is -0.533. The molecule has 0 fully saturated rings. The maximum absolute atomic E-state index is 12.8. The van der Waals surface area contributed by atoms with Gasteiger partial charge in [-0.05, 0) is 24.5 Å². The molecule has 1 aromatic heterocycles. The Labute approximate surface area is 155 Å². The number of ether oxygens (including phenoxy) is 2. The molecule has 1 atom stereocenters. The van der Waals surface area contributed by atoms with Gasteiger partial charge in [0.2, 0.25) is 5.91 Å². The summed E-state index contributed by atoms with van der Waals surface area (Å²) in [6.07, 6.45) is 1.72. The van der Waals surface area contributed by atoms with E-state index in [2.05, 4.69) is 10.4 Å². The van der Waals surface area contributed by atoms with E-state index in [4.69, 9.17) is 9.47 Å². The van der Waals surface area contributed by atoms with E-state index in [9.17, 15) is 19.5 Å². The first-order valence-corrected chi connectivity index (χ1v) is 8.41. The van der Waals surface area contributed by atoms with Gasteiger partial charge in [-0.1, -0.05) is 13.8 Å². The molecule has 1 amide bonds. The number of fused-ring (bicyclic) bond motifs is 1. The van der Waals surface area contributed by atoms with Crippen molar-refractivity contribution in [1.82, 2.24) is 15.1 Å². The van der Waals surface area contributed by atoms with Gasteiger partial charge in [0.1, 0.15) is 12.6 Å². The summed E-state index contributed by atoms with van der Waals surface area (Å²) in [6.45, 7) is 3.31. The molecule has 2 aromatic rings. The lowest BCUT2D eigenvalue weighted by Gasteiger charge is -2.17. The van der Waals surface area contributed by atoms with Gasteiger partial charge in [-0.2, -0.15) is 5.10 Å². The highest BCUT2D eigenvalue weighted by molar-refractivity contribution is 5.89. The number of rotatable bonds is 8. The molecular formula is C18H23N3O6. The average Bonchev–Trinajstić information content (AvgIpc) is 2.62. The molecule has 0 saturated heterocycles. The molecule has 2 rings (SSSR count). The van der Waals surface area contributed by atoms with Gasteiger partial charge in [0, 0.05) is 5.39 Å². The van der Waals surface area contributed by atoms with Crippen LogP contribution in [0, 0.1) is 5.92 Å². The molecule has 27 heavy (non-hydrogen) atoms. The lowest BCUT2D eigenvalue weighted by molar-refractivity contribution is -0.142. The molecule has 9 heteroatoms. The molecule has 0 radical (unpaired) electrons. The van der Waals surface area contributed by atoms with E-state index in [1.165, 1.54) is 20.4 Å². The lowest BCUT2D eigenvalue weighted by atomic mass is 10.0. The summed E-state index contributed by atoms with van der Waals surface area (Å²) >= 11 is 0. The Balaban J connectivity index is 2.34. The fourth-order valence-corrected chi connectivity index (χ4v) is 2.77. The Morgan fingerprint density at radius 1 is 1.26 bits per heavy atom. The third-order valence-corrected chi connectivity index (χ3v) is 4.00. The third-order valence-electron chi connectivity index (χ3n) is 4.00. The van der Waals surface area contributed by atoms with Gasteiger partial charge in [-0.3, -0.25) is 9.59 Å². The number of carbonyl (C=O) groups is 2. The van der Waals surface area contributed by atoms with Crippen molar-refractivity contribution < 1.29 is 24.2 Å². The van der Waals surface area contributed by atoms with Gasteiger partial charge in [-0.25, -0.2) is 9.48 Å². The quantitative estimate of drug-likeness (QED) is 0.705. The molecule has 0 aliphatic rings. The van der Waals surface area contributed by atoms with Crippen molar-refractivity contribution in [2.24, 2.45) is 5.92 Å². The van der Waals surface area contributed by atoms with Crippen LogP contribution in [0.25, 0.3) is 10.8 Å². The van der Waals surface area contributed by atoms with Gasteiger partial charge in [-0.15, -0.1) is 0 Å². The van der Waals surface area contributed by atoms with Gasteiger partial charge >= 0.3 is 5.97 Å². The van der Waals surface area contributed by atoms with Crippen LogP contribution in [0.4, 0.5) is 0 Å². The lowest BCUT2D eigenvalue weighted by Crippen LogP contribution is -2.44. The number of nitrogens with zero attached hydrogens (tertiary/aromatic N) is 2. The number of hydrogen-bond acceptors (Lipinski definition) is 6. The minimum atomic E-state index is -1.12. The molecule has 0 bridgehead atoms. The molecular weight excluding hydrogens is 354 g/mol. The van der Waals surface area contributed by atoms with Crippen molar-refractivity contribution in [2.75, 3.05) is 14.2 Å². The Kier molecular flexibility index (Phi) is 6.38. The molecule has 0 unspecified atom stereocenters. The summed E-state index contributed by atoms with van der Waals surface area (Å²) in [6, 6.07) is 2.30. The minimum absolute atomic E-state index is 0.0876. The Bertz CT molecular complexity index is 906. The van der Waals surface area contributed by atoms with Crippen LogP contribution in [0.15, 0.2) is 23.1 Å². The molecule has 1 heterocycles. The minimum Gasteiger partial charge on any atom is -0.493 e. The summed E-state index contributed by atoms with van der Waals surface area (Å²) < 4.78 is 11.4. The summed E-state index contributed by atoms with van der Waals surface area (Å²) in [7, 11) is 2.87. The topological polar surface area (TPSA) is 120 Å². The number of carboxylic acid groups (broad SMARTS) is 1. The van der Waals surface area contributed by atoms with Crippen LogP contribution in [0.3, 0.4) is 0 Å². The summed E-state index contributed by atoms with van der Waals surface area (Å²) in [5.74, 6) is -1.02. The van der Waals surface area contributed by atoms with Crippen molar-refractivity contribution in [2.45, 2.75) is 32.9 Å². The number of benzene rings is 1. The highest BCUT2D eigenvalue weighted by atomic mass is 16.5. The number of amides is 1. The monoisotopic (exact) mass is 377 g/mol. The number of methoxy groups -OCH3 is 2. The Hall–Kier alpha value is -3.10. The fourth-order valence-electron chi connectivity index (χ4n) is 2.77. The molecule has 9 nitrogen and oxygen atoms in total. The van der Waals surface area contributed by atoms with Gasteiger partial charge in [0.05, 0.1) is 25.8 Å². The van der Waals surface area contributed by atoms with Crippen molar-refractivity contribution in [3.05, 3.63) is 28.7 Å². The second kappa shape index (κ2) is 8.52. The van der Waals surface area contributed by atoms with E-state index in [-0.39, 0.29) is 23.5 Å². The normalized spacial score (nSPS) is 12.0. The molecule has 2 N–H and O–H groups in total. The van der Waals surface area contributed by atoms with Crippen LogP contribution < -0.4 is 20.3 Å². The number of hydrogen-bond donors (Lipinski definition) is 2. The number of aromatic nitrogens is 2. The Morgan fingerprint density at radius 2 is 1.96 bits per heavy atom. The van der Waals surface area contributed by atoms with Gasteiger partial charge in [0.15, 0.2) is 11.5 Å². The van der Waals surface area contributed by atoms with E-state index in [0.29, 0.717) is 11.1 Å². The van der Waals surface area contributed by atoms with Gasteiger partial charge in [0.25, 0.3) is 5.56 Å². The van der Waals surface area contributed by atoms with Crippen LogP contribution >= 0.6 is 0 Å². The van der Waals surface area contributed by atoms with Crippen molar-refractivity contribution in [1.29, 1.82) is 0 Å². The summed E-state index contributed by atoms with van der Waals surface area (Å²) in [4.78, 5) is 36.3. The van der Waals surface area contributed by atoms with Crippen molar-refractivity contribution >= 4 is 22.6 Å². The predicted octanol–water partition coefficient (Wildman–Crippen LogP) is 1.03. The maximum Gasteiger partial charge on any atom is 0.326 e. The smallest absolute Gasteiger partial charge is 0.326 e. The van der Waals surface area contributed by atoms with E-state index in [0.717, 1.165) is 4.68 Å². The largest absolute Gasteiger partial charge is 0.493 e. The zero-order valence-electron chi connectivity index (χ0n) is 15.7. The SMILES string of the molecule is COc1ccc2cnn(CC(=O)N[C@@H](CC(C)C)C(=O)O)c(=O)c2c1OC. The molecule has 0 aliphatic heterocycles. The van der Waals surface area contributed by atoms with Crippen molar-refractivity contribution in [3.63, 3.8) is 0 Å². The highest BCUT2D eigenvalue weighted by Crippen LogP contribution is 2.32. The molecule has 0 spiro atoms. The second-order valence-corrected chi connectivity index (χ2v) is 6.46. The van der Waals surface area contributed by atoms with Crippen LogP contribution in [0.2, 0.25) is 0 Å². The standard InChI is InChI=1S/C18H23N3O6/c1-10(2)7-12(18(24)25)20-14(22)9-21-17(23)15-11(8-19-21)5-6-13(26-3)16(15)27-4/h5-6,8,10,12H,7,9H2,1-4H3,(H,20,22)(H,24,25)/t12-/m0/s1. The van der Waals surface area contributed by atoms with Crippen LogP contribution in [-0.4, -0.2) is 47.0 Å². The number of nitrogens with one attached hydrogen (secondary N) is 1. The average molecular weight is 377 g/mol. The highest BCUT2D eigenvalue weighted by Gasteiger charge is 2.22. The van der Waals surface area contributed by atoms with E-state index < -0.39 is 30.0 Å². The molecule has 0 saturated carbocycles. The first-order valence-electron chi connectivity index (χ1n) is 8.41. The maximum atomic E-state index is 12.8. The van der Waals surface area contributed by atoms with Crippen LogP contribution in [0.1, 0.15) is 20.3 Å². The van der Waals surface area contributed by atoms with Gasteiger partial charge < -0.3 is 19.9 Å². The molecule has 146 valence electrons. The summed E-state index contributed by atoms with van der Waals surface area (Å²) in [5, 5.41) is 16.4. The van der Waals surface area contributed by atoms with Crippen molar-refractivity contribution in [3.8, 4) is 11.5 Å².